The van der Waals surface area contributed by atoms with Crippen molar-refractivity contribution in [2.45, 2.75) is 71.8 Å². The lowest BCUT2D eigenvalue weighted by Gasteiger charge is -2.47. The summed E-state index contributed by atoms with van der Waals surface area (Å²) in [6.07, 6.45) is 6.79. The molecule has 3 nitrogen and oxygen atoms in total. The molecule has 2 heterocycles. The molecule has 132 valence electrons. The first kappa shape index (κ1) is 17.7. The Labute approximate surface area is 149 Å². The molecule has 1 saturated heterocycles. The van der Waals surface area contributed by atoms with Crippen LogP contribution in [-0.4, -0.2) is 29.2 Å². The van der Waals surface area contributed by atoms with Crippen LogP contribution < -0.4 is 0 Å². The molecular weight excluding hydrogens is 318 g/mol. The molecule has 4 heteroatoms. The van der Waals surface area contributed by atoms with Crippen molar-refractivity contribution in [1.82, 2.24) is 4.90 Å². The maximum absolute atomic E-state index is 12.8. The number of carbonyl (C=O) groups excluding carboxylic acids is 2. The molecule has 0 aromatic carbocycles. The van der Waals surface area contributed by atoms with E-state index in [1.54, 1.807) is 11.3 Å². The van der Waals surface area contributed by atoms with Crippen molar-refractivity contribution in [3.05, 3.63) is 21.4 Å². The van der Waals surface area contributed by atoms with Gasteiger partial charge < -0.3 is 4.90 Å². The number of amides is 1. The number of ketones is 1. The molecule has 24 heavy (non-hydrogen) atoms. The number of rotatable bonds is 4. The van der Waals surface area contributed by atoms with E-state index in [0.29, 0.717) is 24.8 Å². The monoisotopic (exact) mass is 347 g/mol. The molecule has 1 aromatic rings. The minimum Gasteiger partial charge on any atom is -0.339 e. The minimum absolute atomic E-state index is 0.121. The number of likely N-dealkylation sites (tertiary alicyclic amines) is 1. The number of nitrogens with zero attached hydrogens (tertiary/aromatic N) is 1. The van der Waals surface area contributed by atoms with Crippen LogP contribution in [0.4, 0.5) is 0 Å². The highest BCUT2D eigenvalue weighted by molar-refractivity contribution is 7.12. The predicted octanol–water partition coefficient (Wildman–Crippen LogP) is 4.76. The van der Waals surface area contributed by atoms with Crippen LogP contribution in [0.5, 0.6) is 0 Å². The second-order valence-electron chi connectivity index (χ2n) is 7.62. The molecule has 1 saturated carbocycles. The maximum Gasteiger partial charge on any atom is 0.223 e. The number of fused-ring (bicyclic) bond motifs is 1. The topological polar surface area (TPSA) is 37.4 Å². The molecule has 2 aliphatic rings. The van der Waals surface area contributed by atoms with Crippen LogP contribution in [0.3, 0.4) is 0 Å². The fourth-order valence-corrected chi connectivity index (χ4v) is 5.57. The van der Waals surface area contributed by atoms with E-state index in [1.807, 2.05) is 19.9 Å². The highest BCUT2D eigenvalue weighted by Crippen LogP contribution is 2.39. The van der Waals surface area contributed by atoms with Gasteiger partial charge in [-0.05, 0) is 51.0 Å². The number of Topliss-reactive ketones (excluding diaryl/α,β-unsaturated/α-hetero) is 1. The average molecular weight is 348 g/mol. The van der Waals surface area contributed by atoms with Gasteiger partial charge in [-0.25, -0.2) is 0 Å². The molecule has 0 radical (unpaired) electrons. The standard InChI is InChI=1S/C20H29NO2S/c1-13-10-11-21(18-7-5-4-6-16(13)18)20(23)9-8-19(22)17-12-14(2)24-15(17)3/h12-13,16,18H,4-11H2,1-3H3. The summed E-state index contributed by atoms with van der Waals surface area (Å²) in [5, 5.41) is 0. The molecule has 3 atom stereocenters. The Hall–Kier alpha value is -1.16. The number of hydrogen-bond acceptors (Lipinski definition) is 3. The van der Waals surface area contributed by atoms with Gasteiger partial charge in [-0.1, -0.05) is 19.8 Å². The zero-order valence-corrected chi connectivity index (χ0v) is 16.0. The van der Waals surface area contributed by atoms with E-state index in [0.717, 1.165) is 40.6 Å². The smallest absolute Gasteiger partial charge is 0.223 e. The van der Waals surface area contributed by atoms with E-state index in [9.17, 15) is 9.59 Å². The molecule has 1 aliphatic heterocycles. The fraction of sp³-hybridized carbons (Fsp3) is 0.700. The number of piperidine rings is 1. The van der Waals surface area contributed by atoms with Crippen molar-refractivity contribution in [2.75, 3.05) is 6.54 Å². The Bertz CT molecular complexity index is 621. The Morgan fingerprint density at radius 3 is 2.62 bits per heavy atom. The highest BCUT2D eigenvalue weighted by atomic mass is 32.1. The molecule has 0 spiro atoms. The molecule has 0 N–H and O–H groups in total. The van der Waals surface area contributed by atoms with Gasteiger partial charge in [0.25, 0.3) is 0 Å². The SMILES string of the molecule is Cc1cc(C(=O)CCC(=O)N2CCC(C)C3CCCCC32)c(C)s1. The summed E-state index contributed by atoms with van der Waals surface area (Å²) >= 11 is 1.66. The molecule has 3 unspecified atom stereocenters. The normalized spacial score (nSPS) is 27.0. The third-order valence-electron chi connectivity index (χ3n) is 5.97. The molecule has 3 rings (SSSR count). The molecule has 2 fully saturated rings. The summed E-state index contributed by atoms with van der Waals surface area (Å²) in [6, 6.07) is 2.39. The molecular formula is C20H29NO2S. The largest absolute Gasteiger partial charge is 0.339 e. The van der Waals surface area contributed by atoms with E-state index in [4.69, 9.17) is 0 Å². The number of aryl methyl sites for hydroxylation is 2. The molecule has 1 aliphatic carbocycles. The Balaban J connectivity index is 1.60. The van der Waals surface area contributed by atoms with Crippen molar-refractivity contribution in [1.29, 1.82) is 0 Å². The highest BCUT2D eigenvalue weighted by Gasteiger charge is 2.39. The van der Waals surface area contributed by atoms with Gasteiger partial charge in [0.2, 0.25) is 5.91 Å². The van der Waals surface area contributed by atoms with Crippen LogP contribution in [0.1, 0.15) is 72.0 Å². The van der Waals surface area contributed by atoms with E-state index in [2.05, 4.69) is 11.8 Å². The summed E-state index contributed by atoms with van der Waals surface area (Å²) in [7, 11) is 0. The van der Waals surface area contributed by atoms with Gasteiger partial charge in [0, 0.05) is 40.7 Å². The summed E-state index contributed by atoms with van der Waals surface area (Å²) in [4.78, 5) is 29.5. The van der Waals surface area contributed by atoms with Crippen molar-refractivity contribution < 1.29 is 9.59 Å². The lowest BCUT2D eigenvalue weighted by atomic mass is 9.72. The predicted molar refractivity (Wildman–Crippen MR) is 98.6 cm³/mol. The maximum atomic E-state index is 12.8. The van der Waals surface area contributed by atoms with Gasteiger partial charge in [0.1, 0.15) is 0 Å². The van der Waals surface area contributed by atoms with Gasteiger partial charge in [-0.3, -0.25) is 9.59 Å². The zero-order valence-electron chi connectivity index (χ0n) is 15.1. The third-order valence-corrected chi connectivity index (χ3v) is 6.93. The van der Waals surface area contributed by atoms with Crippen LogP contribution in [0.15, 0.2) is 6.07 Å². The Morgan fingerprint density at radius 2 is 1.92 bits per heavy atom. The van der Waals surface area contributed by atoms with Gasteiger partial charge in [0.05, 0.1) is 0 Å². The van der Waals surface area contributed by atoms with Crippen molar-refractivity contribution in [3.63, 3.8) is 0 Å². The lowest BCUT2D eigenvalue weighted by Crippen LogP contribution is -2.52. The van der Waals surface area contributed by atoms with Crippen LogP contribution in [0.2, 0.25) is 0 Å². The fourth-order valence-electron chi connectivity index (χ4n) is 4.63. The van der Waals surface area contributed by atoms with Crippen molar-refractivity contribution in [3.8, 4) is 0 Å². The van der Waals surface area contributed by atoms with Crippen LogP contribution in [0, 0.1) is 25.7 Å². The van der Waals surface area contributed by atoms with E-state index < -0.39 is 0 Å². The minimum atomic E-state index is 0.121. The van der Waals surface area contributed by atoms with Crippen LogP contribution in [-0.2, 0) is 4.79 Å². The lowest BCUT2D eigenvalue weighted by molar-refractivity contribution is -0.139. The number of hydrogen-bond donors (Lipinski definition) is 0. The van der Waals surface area contributed by atoms with Crippen molar-refractivity contribution in [2.24, 2.45) is 11.8 Å². The van der Waals surface area contributed by atoms with Gasteiger partial charge in [-0.15, -0.1) is 11.3 Å². The molecule has 1 aromatic heterocycles. The average Bonchev–Trinajstić information content (AvgIpc) is 2.91. The molecule has 0 bridgehead atoms. The summed E-state index contributed by atoms with van der Waals surface area (Å²) in [5.41, 5.74) is 0.813. The summed E-state index contributed by atoms with van der Waals surface area (Å²) in [6.45, 7) is 7.24. The Kier molecular flexibility index (Phi) is 5.43. The first-order valence-corrected chi connectivity index (χ1v) is 10.2. The number of carbonyl (C=O) groups is 2. The van der Waals surface area contributed by atoms with E-state index in [-0.39, 0.29) is 11.7 Å². The van der Waals surface area contributed by atoms with Crippen molar-refractivity contribution >= 4 is 23.0 Å². The number of thiophene rings is 1. The first-order valence-electron chi connectivity index (χ1n) is 9.37. The van der Waals surface area contributed by atoms with Crippen LogP contribution >= 0.6 is 11.3 Å². The second kappa shape index (κ2) is 7.38. The Morgan fingerprint density at radius 1 is 1.17 bits per heavy atom. The van der Waals surface area contributed by atoms with E-state index >= 15 is 0 Å². The zero-order chi connectivity index (χ0) is 17.3. The van der Waals surface area contributed by atoms with Gasteiger partial charge >= 0.3 is 0 Å². The quantitative estimate of drug-likeness (QED) is 0.737. The van der Waals surface area contributed by atoms with E-state index in [1.165, 1.54) is 19.3 Å². The summed E-state index contributed by atoms with van der Waals surface area (Å²) in [5.74, 6) is 1.72. The molecule has 1 amide bonds. The van der Waals surface area contributed by atoms with Gasteiger partial charge in [0.15, 0.2) is 5.78 Å². The van der Waals surface area contributed by atoms with Crippen LogP contribution in [0.25, 0.3) is 0 Å². The van der Waals surface area contributed by atoms with Gasteiger partial charge in [-0.2, -0.15) is 0 Å². The first-order chi connectivity index (χ1) is 11.5. The second-order valence-corrected chi connectivity index (χ2v) is 9.08. The third kappa shape index (κ3) is 3.58. The summed E-state index contributed by atoms with van der Waals surface area (Å²) < 4.78 is 0.